The van der Waals surface area contributed by atoms with Gasteiger partial charge >= 0.3 is 0 Å². The second-order valence-corrected chi connectivity index (χ2v) is 4.90. The van der Waals surface area contributed by atoms with E-state index in [4.69, 9.17) is 16.9 Å². The van der Waals surface area contributed by atoms with Crippen LogP contribution in [0.4, 0.5) is 5.69 Å². The van der Waals surface area contributed by atoms with Gasteiger partial charge in [-0.3, -0.25) is 9.36 Å². The predicted octanol–water partition coefficient (Wildman–Crippen LogP) is 2.15. The zero-order valence-electron chi connectivity index (χ0n) is 12.1. The van der Waals surface area contributed by atoms with E-state index in [1.165, 1.54) is 10.6 Å². The number of hydrogen-bond donors (Lipinski definition) is 3. The molecule has 5 heteroatoms. The summed E-state index contributed by atoms with van der Waals surface area (Å²) < 4.78 is 1.50. The van der Waals surface area contributed by atoms with Gasteiger partial charge in [-0.05, 0) is 38.1 Å². The number of nitrogens with one attached hydrogen (secondary N) is 1. The lowest BCUT2D eigenvalue weighted by molar-refractivity contribution is 0.986. The fourth-order valence-corrected chi connectivity index (χ4v) is 2.25. The summed E-state index contributed by atoms with van der Waals surface area (Å²) in [6.07, 6.45) is 1.68. The Hall–Kier alpha value is -2.82. The minimum Gasteiger partial charge on any atom is -0.402 e. The number of anilines is 1. The highest BCUT2D eigenvalue weighted by atomic mass is 16.1. The second kappa shape index (κ2) is 5.66. The average molecular weight is 282 g/mol. The molecular weight excluding hydrogens is 264 g/mol. The van der Waals surface area contributed by atoms with Gasteiger partial charge in [-0.25, -0.2) is 0 Å². The molecular formula is C16H18N4O. The Kier molecular flexibility index (Phi) is 3.93. The molecule has 0 fully saturated rings. The van der Waals surface area contributed by atoms with E-state index in [1.807, 2.05) is 0 Å². The first-order valence-corrected chi connectivity index (χ1v) is 6.51. The number of hydrogen-bond acceptors (Lipinski definition) is 4. The molecule has 2 aromatic rings. The lowest BCUT2D eigenvalue weighted by Crippen LogP contribution is -2.18. The zero-order chi connectivity index (χ0) is 15.6. The Balaban J connectivity index is 2.66. The van der Waals surface area contributed by atoms with Gasteiger partial charge in [-0.1, -0.05) is 6.07 Å². The van der Waals surface area contributed by atoms with Gasteiger partial charge in [0.05, 0.1) is 5.69 Å². The average Bonchev–Trinajstić information content (AvgIpc) is 2.40. The molecule has 108 valence electrons. The molecule has 5 N–H and O–H groups in total. The second-order valence-electron chi connectivity index (χ2n) is 4.90. The van der Waals surface area contributed by atoms with Crippen LogP contribution < -0.4 is 17.0 Å². The highest BCUT2D eigenvalue weighted by Crippen LogP contribution is 2.18. The number of rotatable bonds is 3. The van der Waals surface area contributed by atoms with Crippen molar-refractivity contribution in [2.75, 3.05) is 5.73 Å². The number of aromatic nitrogens is 1. The maximum atomic E-state index is 12.1. The molecule has 1 aromatic carbocycles. The predicted molar refractivity (Wildman–Crippen MR) is 86.6 cm³/mol. The molecule has 0 atom stereocenters. The Morgan fingerprint density at radius 3 is 2.48 bits per heavy atom. The Bertz CT molecular complexity index is 783. The minimum atomic E-state index is -0.166. The third-order valence-electron chi connectivity index (χ3n) is 3.12. The van der Waals surface area contributed by atoms with Crippen LogP contribution in [0.15, 0.2) is 53.1 Å². The molecule has 0 aliphatic carbocycles. The number of allylic oxidation sites excluding steroid dienone is 2. The lowest BCUT2D eigenvalue weighted by atomic mass is 10.0. The molecule has 0 bridgehead atoms. The molecule has 2 rings (SSSR count). The minimum absolute atomic E-state index is 0.166. The first kappa shape index (κ1) is 14.6. The van der Waals surface area contributed by atoms with Crippen molar-refractivity contribution in [3.05, 3.63) is 64.2 Å². The molecule has 0 unspecified atom stereocenters. The fraction of sp³-hybridized carbons (Fsp3) is 0.125. The first-order chi connectivity index (χ1) is 9.90. The van der Waals surface area contributed by atoms with E-state index in [2.05, 4.69) is 0 Å². The number of benzene rings is 1. The normalized spacial score (nSPS) is 11.9. The van der Waals surface area contributed by atoms with Crippen molar-refractivity contribution in [2.24, 2.45) is 5.73 Å². The summed E-state index contributed by atoms with van der Waals surface area (Å²) in [6, 6.07) is 10.2. The molecule has 0 saturated carbocycles. The fourth-order valence-electron chi connectivity index (χ4n) is 2.25. The van der Waals surface area contributed by atoms with E-state index in [1.54, 1.807) is 50.4 Å². The number of pyridine rings is 1. The summed E-state index contributed by atoms with van der Waals surface area (Å²) in [4.78, 5) is 12.1. The molecule has 21 heavy (non-hydrogen) atoms. The molecule has 0 aliphatic rings. The van der Waals surface area contributed by atoms with Gasteiger partial charge in [0.15, 0.2) is 0 Å². The quantitative estimate of drug-likeness (QED) is 0.594. The van der Waals surface area contributed by atoms with Crippen LogP contribution in [0.2, 0.25) is 0 Å². The van der Waals surface area contributed by atoms with Crippen LogP contribution in [0.5, 0.6) is 0 Å². The molecule has 0 amide bonds. The topological polar surface area (TPSA) is 97.9 Å². The van der Waals surface area contributed by atoms with Gasteiger partial charge in [-0.15, -0.1) is 0 Å². The number of nitrogens with zero attached hydrogens (tertiary/aromatic N) is 1. The van der Waals surface area contributed by atoms with Gasteiger partial charge in [0.25, 0.3) is 5.56 Å². The van der Waals surface area contributed by atoms with E-state index < -0.39 is 0 Å². The summed E-state index contributed by atoms with van der Waals surface area (Å²) in [7, 11) is 0. The lowest BCUT2D eigenvalue weighted by Gasteiger charge is -2.12. The van der Waals surface area contributed by atoms with Crippen LogP contribution in [0.3, 0.4) is 0 Å². The van der Waals surface area contributed by atoms with Gasteiger partial charge < -0.3 is 16.9 Å². The first-order valence-electron chi connectivity index (χ1n) is 6.51. The molecule has 1 heterocycles. The van der Waals surface area contributed by atoms with E-state index in [-0.39, 0.29) is 5.56 Å². The summed E-state index contributed by atoms with van der Waals surface area (Å²) in [5, 5.41) is 7.84. The van der Waals surface area contributed by atoms with Crippen molar-refractivity contribution in [2.45, 2.75) is 13.8 Å². The highest BCUT2D eigenvalue weighted by molar-refractivity contribution is 6.21. The van der Waals surface area contributed by atoms with Crippen LogP contribution in [-0.2, 0) is 0 Å². The van der Waals surface area contributed by atoms with Gasteiger partial charge in [-0.2, -0.15) is 0 Å². The highest BCUT2D eigenvalue weighted by Gasteiger charge is 2.09. The van der Waals surface area contributed by atoms with Crippen LogP contribution in [0.1, 0.15) is 19.4 Å². The standard InChI is InChI=1S/C16H18N4O/c1-10(17)16(11(2)18)12-6-7-15(21)20(9-12)14-5-3-4-13(19)8-14/h3-9,17H,18-19H2,1-2H3. The third-order valence-corrected chi connectivity index (χ3v) is 3.12. The maximum absolute atomic E-state index is 12.1. The van der Waals surface area contributed by atoms with Crippen LogP contribution in [0.25, 0.3) is 11.3 Å². The van der Waals surface area contributed by atoms with E-state index in [0.29, 0.717) is 28.4 Å². The molecule has 0 radical (unpaired) electrons. The summed E-state index contributed by atoms with van der Waals surface area (Å²) in [6.45, 7) is 3.41. The van der Waals surface area contributed by atoms with Crippen molar-refractivity contribution in [1.29, 1.82) is 5.41 Å². The summed E-state index contributed by atoms with van der Waals surface area (Å²) in [5.41, 5.74) is 15.0. The maximum Gasteiger partial charge on any atom is 0.255 e. The van der Waals surface area contributed by atoms with Crippen LogP contribution in [-0.4, -0.2) is 10.3 Å². The molecule has 5 nitrogen and oxygen atoms in total. The Morgan fingerprint density at radius 2 is 1.90 bits per heavy atom. The summed E-state index contributed by atoms with van der Waals surface area (Å²) >= 11 is 0. The van der Waals surface area contributed by atoms with Crippen molar-refractivity contribution >= 4 is 17.0 Å². The van der Waals surface area contributed by atoms with Crippen molar-refractivity contribution in [1.82, 2.24) is 4.57 Å². The van der Waals surface area contributed by atoms with Crippen molar-refractivity contribution in [3.8, 4) is 5.69 Å². The largest absolute Gasteiger partial charge is 0.402 e. The van der Waals surface area contributed by atoms with Crippen LogP contribution in [0, 0.1) is 5.41 Å². The third kappa shape index (κ3) is 3.02. The van der Waals surface area contributed by atoms with Gasteiger partial charge in [0.1, 0.15) is 0 Å². The molecule has 0 spiro atoms. The summed E-state index contributed by atoms with van der Waals surface area (Å²) in [5.74, 6) is 0. The van der Waals surface area contributed by atoms with Crippen molar-refractivity contribution < 1.29 is 0 Å². The Labute approximate surface area is 123 Å². The smallest absolute Gasteiger partial charge is 0.255 e. The number of nitrogen functional groups attached to an aromatic ring is 1. The van der Waals surface area contributed by atoms with E-state index >= 15 is 0 Å². The van der Waals surface area contributed by atoms with Crippen LogP contribution >= 0.6 is 0 Å². The Morgan fingerprint density at radius 1 is 1.19 bits per heavy atom. The number of nitrogens with two attached hydrogens (primary N) is 2. The van der Waals surface area contributed by atoms with Gasteiger partial charge in [0.2, 0.25) is 0 Å². The molecule has 0 aliphatic heterocycles. The van der Waals surface area contributed by atoms with E-state index in [9.17, 15) is 4.79 Å². The molecule has 0 saturated heterocycles. The molecule has 1 aromatic heterocycles. The monoisotopic (exact) mass is 282 g/mol. The van der Waals surface area contributed by atoms with Crippen molar-refractivity contribution in [3.63, 3.8) is 0 Å². The van der Waals surface area contributed by atoms with Gasteiger partial charge in [0, 0.05) is 40.5 Å². The SMILES string of the molecule is CC(=N)C(=C(C)N)c1ccc(=O)n(-c2cccc(N)c2)c1. The zero-order valence-corrected chi connectivity index (χ0v) is 12.1. The van der Waals surface area contributed by atoms with E-state index in [0.717, 1.165) is 5.56 Å².